The summed E-state index contributed by atoms with van der Waals surface area (Å²) in [4.78, 5) is 10.7. The van der Waals surface area contributed by atoms with Crippen LogP contribution in [0.3, 0.4) is 0 Å². The van der Waals surface area contributed by atoms with E-state index in [1.807, 2.05) is 0 Å². The lowest BCUT2D eigenvalue weighted by atomic mass is 9.76. The minimum absolute atomic E-state index is 0.218. The van der Waals surface area contributed by atoms with Gasteiger partial charge in [0.1, 0.15) is 12.0 Å². The second kappa shape index (κ2) is 5.57. The summed E-state index contributed by atoms with van der Waals surface area (Å²) in [6, 6.07) is 1.58. The third-order valence-electron chi connectivity index (χ3n) is 3.81. The highest BCUT2D eigenvalue weighted by molar-refractivity contribution is 5.87. The Kier molecular flexibility index (Phi) is 4.07. The fraction of sp³-hybridized carbons (Fsp3) is 0.643. The van der Waals surface area contributed by atoms with E-state index in [0.29, 0.717) is 17.7 Å². The molecule has 0 amide bonds. The molecule has 4 nitrogen and oxygen atoms in total. The van der Waals surface area contributed by atoms with Crippen LogP contribution in [0.1, 0.15) is 55.1 Å². The second-order valence-corrected chi connectivity index (χ2v) is 5.58. The predicted octanol–water partition coefficient (Wildman–Crippen LogP) is 3.04. The van der Waals surface area contributed by atoms with E-state index in [2.05, 4.69) is 12.2 Å². The Labute approximate surface area is 107 Å². The number of aromatic carboxylic acids is 1. The van der Waals surface area contributed by atoms with Crippen LogP contribution in [0.5, 0.6) is 0 Å². The first-order valence-electron chi connectivity index (χ1n) is 6.60. The molecule has 0 spiro atoms. The van der Waals surface area contributed by atoms with Gasteiger partial charge in [-0.2, -0.15) is 0 Å². The molecule has 0 unspecified atom stereocenters. The summed E-state index contributed by atoms with van der Waals surface area (Å²) in [5.41, 5.74) is 0.608. The summed E-state index contributed by atoms with van der Waals surface area (Å²) in [5, 5.41) is 12.2. The summed E-state index contributed by atoms with van der Waals surface area (Å²) in [5.74, 6) is -0.254. The number of rotatable bonds is 5. The van der Waals surface area contributed by atoms with Crippen molar-refractivity contribution in [3.63, 3.8) is 0 Å². The Bertz CT molecular complexity index is 405. The van der Waals surface area contributed by atoms with E-state index in [1.54, 1.807) is 6.07 Å². The lowest BCUT2D eigenvalue weighted by Crippen LogP contribution is -2.33. The smallest absolute Gasteiger partial charge is 0.338 e. The third kappa shape index (κ3) is 3.35. The van der Waals surface area contributed by atoms with E-state index < -0.39 is 5.97 Å². The zero-order chi connectivity index (χ0) is 13.0. The molecule has 1 fully saturated rings. The van der Waals surface area contributed by atoms with Crippen molar-refractivity contribution in [2.75, 3.05) is 6.54 Å². The standard InChI is InChI=1S/C14H21NO3/c1-14(5-3-2-4-6-14)10-15-8-12-7-11(9-18-12)13(16)17/h7,9,15H,2-6,8,10H2,1H3,(H,16,17). The van der Waals surface area contributed by atoms with Gasteiger partial charge in [-0.05, 0) is 24.3 Å². The molecule has 1 aromatic rings. The van der Waals surface area contributed by atoms with Crippen molar-refractivity contribution in [3.8, 4) is 0 Å². The van der Waals surface area contributed by atoms with Crippen molar-refractivity contribution in [3.05, 3.63) is 23.7 Å². The summed E-state index contributed by atoms with van der Waals surface area (Å²) in [6.07, 6.45) is 7.85. The van der Waals surface area contributed by atoms with Crippen molar-refractivity contribution in [2.45, 2.75) is 45.6 Å². The zero-order valence-electron chi connectivity index (χ0n) is 10.9. The van der Waals surface area contributed by atoms with Crippen LogP contribution >= 0.6 is 0 Å². The van der Waals surface area contributed by atoms with E-state index >= 15 is 0 Å². The summed E-state index contributed by atoms with van der Waals surface area (Å²) in [7, 11) is 0. The molecule has 1 aliphatic carbocycles. The fourth-order valence-electron chi connectivity index (χ4n) is 2.66. The van der Waals surface area contributed by atoms with Gasteiger partial charge in [0.2, 0.25) is 0 Å². The normalized spacial score (nSPS) is 18.7. The van der Waals surface area contributed by atoms with Gasteiger partial charge >= 0.3 is 5.97 Å². The lowest BCUT2D eigenvalue weighted by Gasteiger charge is -2.33. The molecule has 100 valence electrons. The quantitative estimate of drug-likeness (QED) is 0.844. The molecule has 1 heterocycles. The average Bonchev–Trinajstić information content (AvgIpc) is 2.78. The molecule has 0 aliphatic heterocycles. The van der Waals surface area contributed by atoms with Gasteiger partial charge in [-0.3, -0.25) is 0 Å². The van der Waals surface area contributed by atoms with Gasteiger partial charge in [0.25, 0.3) is 0 Å². The molecule has 1 aliphatic rings. The highest BCUT2D eigenvalue weighted by atomic mass is 16.4. The van der Waals surface area contributed by atoms with Crippen LogP contribution < -0.4 is 5.32 Å². The van der Waals surface area contributed by atoms with Crippen molar-refractivity contribution in [1.29, 1.82) is 0 Å². The molecule has 18 heavy (non-hydrogen) atoms. The minimum atomic E-state index is -0.941. The van der Waals surface area contributed by atoms with Crippen LogP contribution in [0.4, 0.5) is 0 Å². The van der Waals surface area contributed by atoms with E-state index in [9.17, 15) is 4.79 Å². The number of carboxylic acid groups (broad SMARTS) is 1. The number of nitrogens with one attached hydrogen (secondary N) is 1. The first-order valence-corrected chi connectivity index (χ1v) is 6.60. The Balaban J connectivity index is 1.78. The van der Waals surface area contributed by atoms with Gasteiger partial charge in [-0.1, -0.05) is 26.2 Å². The van der Waals surface area contributed by atoms with Gasteiger partial charge in [0, 0.05) is 6.54 Å². The number of carboxylic acids is 1. The lowest BCUT2D eigenvalue weighted by molar-refractivity contribution is 0.0696. The monoisotopic (exact) mass is 251 g/mol. The number of hydrogen-bond acceptors (Lipinski definition) is 3. The van der Waals surface area contributed by atoms with Crippen molar-refractivity contribution in [2.24, 2.45) is 5.41 Å². The Morgan fingerprint density at radius 1 is 1.44 bits per heavy atom. The topological polar surface area (TPSA) is 62.5 Å². The van der Waals surface area contributed by atoms with Gasteiger partial charge in [0.15, 0.2) is 0 Å². The van der Waals surface area contributed by atoms with Gasteiger partial charge in [0.05, 0.1) is 12.1 Å². The Morgan fingerprint density at radius 2 is 2.17 bits per heavy atom. The molecule has 0 bridgehead atoms. The van der Waals surface area contributed by atoms with Crippen molar-refractivity contribution >= 4 is 5.97 Å². The van der Waals surface area contributed by atoms with Crippen LogP contribution in [0, 0.1) is 5.41 Å². The highest BCUT2D eigenvalue weighted by Gasteiger charge is 2.26. The van der Waals surface area contributed by atoms with Crippen molar-refractivity contribution in [1.82, 2.24) is 5.32 Å². The van der Waals surface area contributed by atoms with E-state index in [-0.39, 0.29) is 5.56 Å². The zero-order valence-corrected chi connectivity index (χ0v) is 10.9. The number of hydrogen-bond donors (Lipinski definition) is 2. The van der Waals surface area contributed by atoms with Gasteiger partial charge in [-0.15, -0.1) is 0 Å². The largest absolute Gasteiger partial charge is 0.478 e. The van der Waals surface area contributed by atoms with Crippen molar-refractivity contribution < 1.29 is 14.3 Å². The summed E-state index contributed by atoms with van der Waals surface area (Å²) in [6.45, 7) is 3.89. The molecule has 2 N–H and O–H groups in total. The fourth-order valence-corrected chi connectivity index (χ4v) is 2.66. The van der Waals surface area contributed by atoms with Gasteiger partial charge in [-0.25, -0.2) is 4.79 Å². The van der Waals surface area contributed by atoms with E-state index in [0.717, 1.165) is 6.54 Å². The molecule has 2 rings (SSSR count). The van der Waals surface area contributed by atoms with Gasteiger partial charge < -0.3 is 14.8 Å². The molecular weight excluding hydrogens is 230 g/mol. The van der Waals surface area contributed by atoms with Crippen LogP contribution in [-0.4, -0.2) is 17.6 Å². The van der Waals surface area contributed by atoms with Crippen LogP contribution in [-0.2, 0) is 6.54 Å². The molecule has 0 atom stereocenters. The molecule has 1 saturated carbocycles. The average molecular weight is 251 g/mol. The van der Waals surface area contributed by atoms with Crippen LogP contribution in [0.25, 0.3) is 0 Å². The SMILES string of the molecule is CC1(CNCc2cc(C(=O)O)co2)CCCCC1. The molecule has 0 radical (unpaired) electrons. The number of carbonyl (C=O) groups is 1. The second-order valence-electron chi connectivity index (χ2n) is 5.58. The maximum absolute atomic E-state index is 10.7. The summed E-state index contributed by atoms with van der Waals surface area (Å²) >= 11 is 0. The van der Waals surface area contributed by atoms with Crippen LogP contribution in [0.15, 0.2) is 16.7 Å². The first-order chi connectivity index (χ1) is 8.59. The minimum Gasteiger partial charge on any atom is -0.478 e. The molecule has 0 saturated heterocycles. The molecule has 0 aromatic carbocycles. The first kappa shape index (κ1) is 13.1. The van der Waals surface area contributed by atoms with Crippen LogP contribution in [0.2, 0.25) is 0 Å². The Morgan fingerprint density at radius 3 is 2.78 bits per heavy atom. The molecule has 4 heteroatoms. The number of furan rings is 1. The predicted molar refractivity (Wildman–Crippen MR) is 68.6 cm³/mol. The Hall–Kier alpha value is -1.29. The third-order valence-corrected chi connectivity index (χ3v) is 3.81. The molecular formula is C14H21NO3. The van der Waals surface area contributed by atoms with E-state index in [4.69, 9.17) is 9.52 Å². The maximum atomic E-state index is 10.7. The summed E-state index contributed by atoms with van der Waals surface area (Å²) < 4.78 is 5.20. The highest BCUT2D eigenvalue weighted by Crippen LogP contribution is 2.34. The molecule has 1 aromatic heterocycles. The van der Waals surface area contributed by atoms with E-state index in [1.165, 1.54) is 38.4 Å². The maximum Gasteiger partial charge on any atom is 0.338 e.